The molecule has 1 saturated heterocycles. The predicted octanol–water partition coefficient (Wildman–Crippen LogP) is 5.54. The summed E-state index contributed by atoms with van der Waals surface area (Å²) in [6, 6.07) is 15.5. The minimum atomic E-state index is -1.17. The molecule has 3 rings (SSSR count). The van der Waals surface area contributed by atoms with Gasteiger partial charge in [0.25, 0.3) is 0 Å². The summed E-state index contributed by atoms with van der Waals surface area (Å²) >= 11 is 5.94. The summed E-state index contributed by atoms with van der Waals surface area (Å²) in [6.07, 6.45) is 4.74. The molecule has 1 aliphatic rings. The van der Waals surface area contributed by atoms with E-state index < -0.39 is 5.60 Å². The molecule has 0 radical (unpaired) electrons. The summed E-state index contributed by atoms with van der Waals surface area (Å²) in [5.41, 5.74) is 1.77. The third-order valence-corrected chi connectivity index (χ3v) is 5.10. The van der Waals surface area contributed by atoms with Crippen LogP contribution in [0.25, 0.3) is 11.1 Å². The summed E-state index contributed by atoms with van der Waals surface area (Å²) in [7, 11) is 0. The van der Waals surface area contributed by atoms with E-state index in [1.807, 2.05) is 48.5 Å². The Morgan fingerprint density at radius 2 is 1.79 bits per heavy atom. The molecule has 2 atom stereocenters. The van der Waals surface area contributed by atoms with Gasteiger partial charge in [-0.1, -0.05) is 59.8 Å². The Hall–Kier alpha value is -1.83. The standard InChI is InChI=1S/C24H27ClO3/c1-24(26,16-4-2-5-17-27-23-7-3-6-18-28-23)21-12-8-19(9-13-21)20-10-14-22(25)15-11-20/h8-15,23,26H,2-3,5-7,17-18H2,1H3. The fraction of sp³-hybridized carbons (Fsp3) is 0.417. The van der Waals surface area contributed by atoms with Crippen molar-refractivity contribution in [1.29, 1.82) is 0 Å². The highest BCUT2D eigenvalue weighted by atomic mass is 35.5. The number of hydrogen-bond acceptors (Lipinski definition) is 3. The van der Waals surface area contributed by atoms with Gasteiger partial charge in [-0.2, -0.15) is 0 Å². The summed E-state index contributed by atoms with van der Waals surface area (Å²) in [5, 5.41) is 11.4. The first-order chi connectivity index (χ1) is 13.5. The van der Waals surface area contributed by atoms with E-state index in [9.17, 15) is 5.11 Å². The predicted molar refractivity (Wildman–Crippen MR) is 113 cm³/mol. The molecule has 148 valence electrons. The van der Waals surface area contributed by atoms with Crippen LogP contribution in [0, 0.1) is 11.8 Å². The number of rotatable bonds is 6. The lowest BCUT2D eigenvalue weighted by Gasteiger charge is -2.22. The molecule has 0 saturated carbocycles. The lowest BCUT2D eigenvalue weighted by molar-refractivity contribution is -0.162. The quantitative estimate of drug-likeness (QED) is 0.512. The van der Waals surface area contributed by atoms with Crippen molar-refractivity contribution in [2.24, 2.45) is 0 Å². The van der Waals surface area contributed by atoms with Crippen LogP contribution in [-0.4, -0.2) is 24.6 Å². The maximum Gasteiger partial charge on any atom is 0.157 e. The molecule has 0 aliphatic carbocycles. The minimum Gasteiger partial charge on any atom is -0.374 e. The Morgan fingerprint density at radius 3 is 2.43 bits per heavy atom. The monoisotopic (exact) mass is 398 g/mol. The normalized spacial score (nSPS) is 18.8. The van der Waals surface area contributed by atoms with Gasteiger partial charge in [0, 0.05) is 18.1 Å². The third kappa shape index (κ3) is 6.09. The average molecular weight is 399 g/mol. The van der Waals surface area contributed by atoms with Gasteiger partial charge >= 0.3 is 0 Å². The smallest absolute Gasteiger partial charge is 0.157 e. The maximum atomic E-state index is 10.7. The van der Waals surface area contributed by atoms with Crippen LogP contribution >= 0.6 is 11.6 Å². The molecule has 0 bridgehead atoms. The van der Waals surface area contributed by atoms with Crippen molar-refractivity contribution in [2.45, 2.75) is 50.9 Å². The Bertz CT molecular complexity index is 794. The van der Waals surface area contributed by atoms with E-state index in [4.69, 9.17) is 21.1 Å². The van der Waals surface area contributed by atoms with E-state index in [2.05, 4.69) is 11.8 Å². The van der Waals surface area contributed by atoms with Gasteiger partial charge < -0.3 is 14.6 Å². The highest BCUT2D eigenvalue weighted by Crippen LogP contribution is 2.26. The first-order valence-electron chi connectivity index (χ1n) is 9.87. The lowest BCUT2D eigenvalue weighted by Crippen LogP contribution is -2.22. The number of halogens is 1. The average Bonchev–Trinajstić information content (AvgIpc) is 2.72. The zero-order valence-electron chi connectivity index (χ0n) is 16.3. The van der Waals surface area contributed by atoms with Crippen LogP contribution in [0.1, 0.15) is 44.6 Å². The molecule has 1 N–H and O–H groups in total. The number of hydrogen-bond donors (Lipinski definition) is 1. The van der Waals surface area contributed by atoms with Gasteiger partial charge in [0.15, 0.2) is 6.29 Å². The molecule has 1 aliphatic heterocycles. The number of unbranched alkanes of at least 4 members (excludes halogenated alkanes) is 1. The number of benzene rings is 2. The van der Waals surface area contributed by atoms with E-state index >= 15 is 0 Å². The minimum absolute atomic E-state index is 0.0519. The summed E-state index contributed by atoms with van der Waals surface area (Å²) in [6.45, 7) is 3.16. The maximum absolute atomic E-state index is 10.7. The molecule has 28 heavy (non-hydrogen) atoms. The van der Waals surface area contributed by atoms with Crippen molar-refractivity contribution >= 4 is 11.6 Å². The van der Waals surface area contributed by atoms with Crippen molar-refractivity contribution in [2.75, 3.05) is 13.2 Å². The van der Waals surface area contributed by atoms with Crippen molar-refractivity contribution in [3.05, 3.63) is 59.1 Å². The van der Waals surface area contributed by atoms with Gasteiger partial charge in [-0.05, 0) is 61.4 Å². The van der Waals surface area contributed by atoms with Gasteiger partial charge in [0.05, 0.1) is 6.61 Å². The molecule has 1 heterocycles. The summed E-state index contributed by atoms with van der Waals surface area (Å²) in [5.74, 6) is 6.06. The first kappa shape index (κ1) is 20.9. The summed E-state index contributed by atoms with van der Waals surface area (Å²) < 4.78 is 11.2. The molecule has 0 aromatic heterocycles. The fourth-order valence-electron chi connectivity index (χ4n) is 3.15. The van der Waals surface area contributed by atoms with Crippen LogP contribution < -0.4 is 0 Å². The zero-order chi connectivity index (χ0) is 19.8. The Labute approximate surface area is 172 Å². The van der Waals surface area contributed by atoms with Crippen molar-refractivity contribution < 1.29 is 14.6 Å². The van der Waals surface area contributed by atoms with Gasteiger partial charge in [-0.15, -0.1) is 0 Å². The van der Waals surface area contributed by atoms with Gasteiger partial charge in [-0.3, -0.25) is 0 Å². The van der Waals surface area contributed by atoms with E-state index in [1.54, 1.807) is 6.92 Å². The largest absolute Gasteiger partial charge is 0.374 e. The SMILES string of the molecule is CC(O)(C#CCCCOC1CCCCO1)c1ccc(-c2ccc(Cl)cc2)cc1. The second kappa shape index (κ2) is 10.1. The van der Waals surface area contributed by atoms with Crippen LogP contribution in [0.2, 0.25) is 5.02 Å². The number of aliphatic hydroxyl groups is 1. The second-order valence-corrected chi connectivity index (χ2v) is 7.67. The van der Waals surface area contributed by atoms with Gasteiger partial charge in [0.2, 0.25) is 0 Å². The molecule has 3 nitrogen and oxygen atoms in total. The Kier molecular flexibility index (Phi) is 7.53. The van der Waals surface area contributed by atoms with E-state index in [1.165, 1.54) is 6.42 Å². The topological polar surface area (TPSA) is 38.7 Å². The van der Waals surface area contributed by atoms with Crippen molar-refractivity contribution in [1.82, 2.24) is 0 Å². The highest BCUT2D eigenvalue weighted by molar-refractivity contribution is 6.30. The fourth-order valence-corrected chi connectivity index (χ4v) is 3.28. The molecule has 2 aromatic rings. The third-order valence-electron chi connectivity index (χ3n) is 4.84. The molecule has 2 aromatic carbocycles. The van der Waals surface area contributed by atoms with E-state index in [-0.39, 0.29) is 6.29 Å². The zero-order valence-corrected chi connectivity index (χ0v) is 17.0. The first-order valence-corrected chi connectivity index (χ1v) is 10.2. The van der Waals surface area contributed by atoms with Crippen LogP contribution in [0.15, 0.2) is 48.5 Å². The molecule has 0 spiro atoms. The van der Waals surface area contributed by atoms with Crippen molar-refractivity contribution in [3.8, 4) is 23.0 Å². The Morgan fingerprint density at radius 1 is 1.11 bits per heavy atom. The van der Waals surface area contributed by atoms with Crippen LogP contribution in [-0.2, 0) is 15.1 Å². The van der Waals surface area contributed by atoms with Crippen LogP contribution in [0.5, 0.6) is 0 Å². The Balaban J connectivity index is 1.50. The van der Waals surface area contributed by atoms with Gasteiger partial charge in [0.1, 0.15) is 5.60 Å². The lowest BCUT2D eigenvalue weighted by atomic mass is 9.94. The van der Waals surface area contributed by atoms with E-state index in [0.717, 1.165) is 47.6 Å². The number of ether oxygens (including phenoxy) is 2. The highest BCUT2D eigenvalue weighted by Gasteiger charge is 2.19. The van der Waals surface area contributed by atoms with E-state index in [0.29, 0.717) is 13.0 Å². The summed E-state index contributed by atoms with van der Waals surface area (Å²) in [4.78, 5) is 0. The molecular weight excluding hydrogens is 372 g/mol. The second-order valence-electron chi connectivity index (χ2n) is 7.23. The molecule has 4 heteroatoms. The molecule has 0 amide bonds. The molecule has 2 unspecified atom stereocenters. The van der Waals surface area contributed by atoms with Crippen LogP contribution in [0.3, 0.4) is 0 Å². The van der Waals surface area contributed by atoms with Gasteiger partial charge in [-0.25, -0.2) is 0 Å². The molecule has 1 fully saturated rings. The van der Waals surface area contributed by atoms with Crippen molar-refractivity contribution in [3.63, 3.8) is 0 Å². The van der Waals surface area contributed by atoms with Crippen LogP contribution in [0.4, 0.5) is 0 Å². The molecular formula is C24H27ClO3.